The zero-order chi connectivity index (χ0) is 13.5. The van der Waals surface area contributed by atoms with Gasteiger partial charge in [-0.3, -0.25) is 0 Å². The SMILES string of the molecule is COc1cc(CC(C)N)cc(Br)c1OCCSC. The summed E-state index contributed by atoms with van der Waals surface area (Å²) in [6.45, 7) is 2.66. The fourth-order valence-electron chi connectivity index (χ4n) is 1.63. The Bertz CT molecular complexity index is 385. The van der Waals surface area contributed by atoms with Crippen molar-refractivity contribution in [2.45, 2.75) is 19.4 Å². The molecular weight excluding hydrogens is 314 g/mol. The van der Waals surface area contributed by atoms with Crippen LogP contribution in [0.5, 0.6) is 11.5 Å². The average Bonchev–Trinajstić information content (AvgIpc) is 2.30. The Labute approximate surface area is 122 Å². The molecule has 0 aliphatic heterocycles. The highest BCUT2D eigenvalue weighted by molar-refractivity contribution is 9.10. The molecular formula is C13H20BrNO2S. The summed E-state index contributed by atoms with van der Waals surface area (Å²) in [6.07, 6.45) is 2.88. The number of hydrogen-bond donors (Lipinski definition) is 1. The molecule has 102 valence electrons. The highest BCUT2D eigenvalue weighted by atomic mass is 79.9. The van der Waals surface area contributed by atoms with Crippen molar-refractivity contribution in [2.24, 2.45) is 5.73 Å². The van der Waals surface area contributed by atoms with Gasteiger partial charge >= 0.3 is 0 Å². The number of nitrogens with two attached hydrogens (primary N) is 1. The van der Waals surface area contributed by atoms with Gasteiger partial charge < -0.3 is 15.2 Å². The first-order valence-corrected chi connectivity index (χ1v) is 8.01. The van der Waals surface area contributed by atoms with Gasteiger partial charge in [0.1, 0.15) is 0 Å². The molecule has 0 fully saturated rings. The number of hydrogen-bond acceptors (Lipinski definition) is 4. The number of benzene rings is 1. The normalized spacial score (nSPS) is 12.3. The van der Waals surface area contributed by atoms with Crippen LogP contribution in [0.15, 0.2) is 16.6 Å². The van der Waals surface area contributed by atoms with Gasteiger partial charge in [0.25, 0.3) is 0 Å². The van der Waals surface area contributed by atoms with E-state index in [9.17, 15) is 0 Å². The largest absolute Gasteiger partial charge is 0.493 e. The molecule has 0 aliphatic rings. The van der Waals surface area contributed by atoms with Crippen LogP contribution in [0.25, 0.3) is 0 Å². The number of rotatable bonds is 7. The number of ether oxygens (including phenoxy) is 2. The maximum atomic E-state index is 5.81. The van der Waals surface area contributed by atoms with Crippen molar-refractivity contribution in [3.8, 4) is 11.5 Å². The molecule has 1 unspecified atom stereocenters. The molecule has 0 aliphatic carbocycles. The number of methoxy groups -OCH3 is 1. The van der Waals surface area contributed by atoms with Gasteiger partial charge in [0, 0.05) is 11.8 Å². The monoisotopic (exact) mass is 333 g/mol. The van der Waals surface area contributed by atoms with Gasteiger partial charge in [-0.15, -0.1) is 0 Å². The van der Waals surface area contributed by atoms with Crippen LogP contribution < -0.4 is 15.2 Å². The molecule has 1 rings (SSSR count). The summed E-state index contributed by atoms with van der Waals surface area (Å²) < 4.78 is 12.0. The van der Waals surface area contributed by atoms with E-state index in [1.807, 2.05) is 19.1 Å². The molecule has 0 amide bonds. The predicted octanol–water partition coefficient (Wildman–Crippen LogP) is 3.09. The van der Waals surface area contributed by atoms with Gasteiger partial charge in [-0.2, -0.15) is 11.8 Å². The number of thioether (sulfide) groups is 1. The zero-order valence-electron chi connectivity index (χ0n) is 11.0. The van der Waals surface area contributed by atoms with Gasteiger partial charge in [0.2, 0.25) is 0 Å². The number of halogens is 1. The Hall–Kier alpha value is -0.390. The lowest BCUT2D eigenvalue weighted by molar-refractivity contribution is 0.311. The molecule has 0 saturated heterocycles. The highest BCUT2D eigenvalue weighted by Crippen LogP contribution is 2.37. The van der Waals surface area contributed by atoms with Crippen molar-refractivity contribution in [3.63, 3.8) is 0 Å². The molecule has 1 aromatic carbocycles. The lowest BCUT2D eigenvalue weighted by Gasteiger charge is -2.15. The maximum absolute atomic E-state index is 5.81. The summed E-state index contributed by atoms with van der Waals surface area (Å²) >= 11 is 5.28. The Kier molecular flexibility index (Phi) is 6.89. The summed E-state index contributed by atoms with van der Waals surface area (Å²) in [4.78, 5) is 0. The molecule has 0 bridgehead atoms. The maximum Gasteiger partial charge on any atom is 0.175 e. The minimum atomic E-state index is 0.130. The van der Waals surface area contributed by atoms with E-state index in [0.717, 1.165) is 33.7 Å². The van der Waals surface area contributed by atoms with E-state index in [4.69, 9.17) is 15.2 Å². The Morgan fingerprint density at radius 3 is 2.72 bits per heavy atom. The van der Waals surface area contributed by atoms with Crippen LogP contribution in [0.3, 0.4) is 0 Å². The van der Waals surface area contributed by atoms with Crippen molar-refractivity contribution in [1.82, 2.24) is 0 Å². The predicted molar refractivity (Wildman–Crippen MR) is 81.9 cm³/mol. The van der Waals surface area contributed by atoms with Crippen LogP contribution in [-0.2, 0) is 6.42 Å². The minimum Gasteiger partial charge on any atom is -0.493 e. The van der Waals surface area contributed by atoms with E-state index >= 15 is 0 Å². The van der Waals surface area contributed by atoms with Crippen molar-refractivity contribution < 1.29 is 9.47 Å². The first-order valence-electron chi connectivity index (χ1n) is 5.82. The van der Waals surface area contributed by atoms with Gasteiger partial charge in [0.15, 0.2) is 11.5 Å². The van der Waals surface area contributed by atoms with E-state index in [-0.39, 0.29) is 6.04 Å². The third kappa shape index (κ3) is 4.71. The Morgan fingerprint density at radius 2 is 2.17 bits per heavy atom. The summed E-state index contributed by atoms with van der Waals surface area (Å²) in [5, 5.41) is 0. The fourth-order valence-corrected chi connectivity index (χ4v) is 2.48. The summed E-state index contributed by atoms with van der Waals surface area (Å²) in [5.74, 6) is 2.47. The van der Waals surface area contributed by atoms with Crippen LogP contribution in [-0.4, -0.2) is 31.8 Å². The molecule has 2 N–H and O–H groups in total. The van der Waals surface area contributed by atoms with E-state index in [1.54, 1.807) is 18.9 Å². The van der Waals surface area contributed by atoms with Crippen molar-refractivity contribution in [2.75, 3.05) is 25.7 Å². The third-order valence-corrected chi connectivity index (χ3v) is 3.54. The molecule has 5 heteroatoms. The van der Waals surface area contributed by atoms with Gasteiger partial charge in [-0.1, -0.05) is 0 Å². The summed E-state index contributed by atoms with van der Waals surface area (Å²) in [7, 11) is 1.65. The van der Waals surface area contributed by atoms with E-state index < -0.39 is 0 Å². The Balaban J connectivity index is 2.89. The molecule has 0 spiro atoms. The molecule has 1 aromatic rings. The van der Waals surface area contributed by atoms with Crippen molar-refractivity contribution in [1.29, 1.82) is 0 Å². The van der Waals surface area contributed by atoms with Crippen LogP contribution in [0.4, 0.5) is 0 Å². The highest BCUT2D eigenvalue weighted by Gasteiger charge is 2.12. The minimum absolute atomic E-state index is 0.130. The second-order valence-corrected chi connectivity index (χ2v) is 5.97. The summed E-state index contributed by atoms with van der Waals surface area (Å²) in [6, 6.07) is 4.16. The van der Waals surface area contributed by atoms with Gasteiger partial charge in [-0.25, -0.2) is 0 Å². The Morgan fingerprint density at radius 1 is 1.44 bits per heavy atom. The quantitative estimate of drug-likeness (QED) is 0.779. The van der Waals surface area contributed by atoms with Gasteiger partial charge in [0.05, 0.1) is 18.2 Å². The summed E-state index contributed by atoms with van der Waals surface area (Å²) in [5.41, 5.74) is 6.96. The molecule has 1 atom stereocenters. The smallest absolute Gasteiger partial charge is 0.175 e. The lowest BCUT2D eigenvalue weighted by atomic mass is 10.1. The standard InChI is InChI=1S/C13H20BrNO2S/c1-9(15)6-10-7-11(14)13(12(8-10)16-2)17-4-5-18-3/h7-9H,4-6,15H2,1-3H3. The first kappa shape index (κ1) is 15.7. The van der Waals surface area contributed by atoms with Crippen LogP contribution >= 0.6 is 27.7 Å². The van der Waals surface area contributed by atoms with Gasteiger partial charge in [-0.05, 0) is 53.2 Å². The van der Waals surface area contributed by atoms with E-state index in [1.165, 1.54) is 0 Å². The lowest BCUT2D eigenvalue weighted by Crippen LogP contribution is -2.17. The molecule has 0 radical (unpaired) electrons. The van der Waals surface area contributed by atoms with Crippen molar-refractivity contribution in [3.05, 3.63) is 22.2 Å². The topological polar surface area (TPSA) is 44.5 Å². The van der Waals surface area contributed by atoms with E-state index in [2.05, 4.69) is 22.2 Å². The van der Waals surface area contributed by atoms with Crippen LogP contribution in [0, 0.1) is 0 Å². The first-order chi connectivity index (χ1) is 8.58. The molecule has 18 heavy (non-hydrogen) atoms. The molecule has 0 aromatic heterocycles. The second-order valence-electron chi connectivity index (χ2n) is 4.13. The van der Waals surface area contributed by atoms with Crippen molar-refractivity contribution >= 4 is 27.7 Å². The molecule has 0 heterocycles. The second kappa shape index (κ2) is 7.92. The van der Waals surface area contributed by atoms with Crippen LogP contribution in [0.1, 0.15) is 12.5 Å². The average molecular weight is 334 g/mol. The fraction of sp³-hybridized carbons (Fsp3) is 0.538. The third-order valence-electron chi connectivity index (χ3n) is 2.38. The molecule has 0 saturated carbocycles. The molecule has 3 nitrogen and oxygen atoms in total. The van der Waals surface area contributed by atoms with Crippen LogP contribution in [0.2, 0.25) is 0 Å². The zero-order valence-corrected chi connectivity index (χ0v) is 13.4. The van der Waals surface area contributed by atoms with E-state index in [0.29, 0.717) is 6.61 Å².